The highest BCUT2D eigenvalue weighted by atomic mass is 16.5. The molecule has 4 rings (SSSR count). The van der Waals surface area contributed by atoms with E-state index in [0.717, 1.165) is 0 Å². The van der Waals surface area contributed by atoms with Crippen molar-refractivity contribution in [2.24, 2.45) is 0 Å². The number of carbonyl (C=O) groups excluding carboxylic acids is 1. The molecular weight excluding hydrogens is 352 g/mol. The number of likely N-dealkylation sites (tertiary alicyclic amines) is 1. The number of carbonyl (C=O) groups is 1. The molecule has 9 heteroatoms. The van der Waals surface area contributed by atoms with Crippen molar-refractivity contribution in [3.05, 3.63) is 46.9 Å². The van der Waals surface area contributed by atoms with Crippen LogP contribution in [-0.4, -0.2) is 51.9 Å². The lowest BCUT2D eigenvalue weighted by Gasteiger charge is -2.17. The van der Waals surface area contributed by atoms with Crippen LogP contribution in [0.5, 0.6) is 11.8 Å². The lowest BCUT2D eigenvalue weighted by molar-refractivity contribution is -0.131. The molecule has 1 fully saturated rings. The van der Waals surface area contributed by atoms with Gasteiger partial charge in [0.2, 0.25) is 17.7 Å². The first kappa shape index (κ1) is 17.1. The van der Waals surface area contributed by atoms with Crippen LogP contribution >= 0.6 is 0 Å². The third kappa shape index (κ3) is 3.48. The molecule has 3 aromatic rings. The average Bonchev–Trinajstić information content (AvgIpc) is 3.27. The molecule has 1 saturated heterocycles. The smallest absolute Gasteiger partial charge is 0.420 e. The molecule has 0 saturated carbocycles. The van der Waals surface area contributed by atoms with Gasteiger partial charge in [0.25, 0.3) is 0 Å². The zero-order valence-corrected chi connectivity index (χ0v) is 14.7. The number of ether oxygens (including phenoxy) is 2. The summed E-state index contributed by atoms with van der Waals surface area (Å²) < 4.78 is 17.3. The van der Waals surface area contributed by atoms with Gasteiger partial charge in [-0.2, -0.15) is 0 Å². The summed E-state index contributed by atoms with van der Waals surface area (Å²) >= 11 is 0. The second-order valence-electron chi connectivity index (χ2n) is 6.20. The molecule has 0 radical (unpaired) electrons. The normalized spacial score (nSPS) is 16.6. The lowest BCUT2D eigenvalue weighted by atomic mass is 10.3. The second-order valence-corrected chi connectivity index (χ2v) is 6.20. The largest absolute Gasteiger partial charge is 0.480 e. The van der Waals surface area contributed by atoms with Crippen LogP contribution in [0.25, 0.3) is 11.1 Å². The van der Waals surface area contributed by atoms with Crippen LogP contribution < -0.4 is 15.2 Å². The molecule has 140 valence electrons. The first-order valence-electron chi connectivity index (χ1n) is 8.54. The number of benzene rings is 1. The molecule has 0 unspecified atom stereocenters. The molecule has 1 amide bonds. The van der Waals surface area contributed by atoms with Crippen LogP contribution in [0.15, 0.2) is 45.6 Å². The summed E-state index contributed by atoms with van der Waals surface area (Å²) in [7, 11) is 1.51. The van der Waals surface area contributed by atoms with Crippen molar-refractivity contribution in [2.45, 2.75) is 19.1 Å². The van der Waals surface area contributed by atoms with E-state index >= 15 is 0 Å². The Kier molecular flexibility index (Phi) is 4.49. The van der Waals surface area contributed by atoms with Crippen molar-refractivity contribution in [1.29, 1.82) is 0 Å². The van der Waals surface area contributed by atoms with Gasteiger partial charge in [0.15, 0.2) is 5.58 Å². The standard InChI is InChI=1S/C18H18N4O5/c1-25-15-6-7-16(20-19-15)26-12-8-9-21(10-12)17(23)11-22-13-4-2-3-5-14(13)27-18(22)24/h2-7,12H,8-11H2,1H3/t12-/m1/s1. The van der Waals surface area contributed by atoms with Crippen molar-refractivity contribution in [2.75, 3.05) is 20.2 Å². The van der Waals surface area contributed by atoms with Crippen molar-refractivity contribution >= 4 is 17.0 Å². The van der Waals surface area contributed by atoms with Crippen LogP contribution in [0, 0.1) is 0 Å². The highest BCUT2D eigenvalue weighted by Gasteiger charge is 2.28. The van der Waals surface area contributed by atoms with E-state index in [1.54, 1.807) is 41.3 Å². The van der Waals surface area contributed by atoms with E-state index < -0.39 is 5.76 Å². The summed E-state index contributed by atoms with van der Waals surface area (Å²) in [6.07, 6.45) is 0.509. The topological polar surface area (TPSA) is 99.7 Å². The van der Waals surface area contributed by atoms with Gasteiger partial charge in [-0.15, -0.1) is 10.2 Å². The molecule has 1 aliphatic rings. The SMILES string of the molecule is COc1ccc(O[C@@H]2CCN(C(=O)Cn3c(=O)oc4ccccc43)C2)nn1. The lowest BCUT2D eigenvalue weighted by Crippen LogP contribution is -2.35. The van der Waals surface area contributed by atoms with Gasteiger partial charge in [-0.1, -0.05) is 12.1 Å². The molecule has 1 aromatic carbocycles. The Morgan fingerprint density at radius 1 is 1.22 bits per heavy atom. The fraction of sp³-hybridized carbons (Fsp3) is 0.333. The summed E-state index contributed by atoms with van der Waals surface area (Å²) in [6.45, 7) is 0.916. The quantitative estimate of drug-likeness (QED) is 0.662. The van der Waals surface area contributed by atoms with E-state index in [2.05, 4.69) is 10.2 Å². The Labute approximate surface area is 154 Å². The van der Waals surface area contributed by atoms with Crippen LogP contribution in [0.3, 0.4) is 0 Å². The molecule has 0 aliphatic carbocycles. The summed E-state index contributed by atoms with van der Waals surface area (Å²) in [4.78, 5) is 26.3. The minimum absolute atomic E-state index is 0.0646. The maximum Gasteiger partial charge on any atom is 0.420 e. The van der Waals surface area contributed by atoms with Crippen molar-refractivity contribution < 1.29 is 18.7 Å². The van der Waals surface area contributed by atoms with Crippen LogP contribution in [0.2, 0.25) is 0 Å². The van der Waals surface area contributed by atoms with Gasteiger partial charge in [0.05, 0.1) is 19.2 Å². The molecule has 1 atom stereocenters. The van der Waals surface area contributed by atoms with Gasteiger partial charge >= 0.3 is 5.76 Å². The van der Waals surface area contributed by atoms with Crippen LogP contribution in [0.1, 0.15) is 6.42 Å². The molecule has 1 aliphatic heterocycles. The minimum Gasteiger partial charge on any atom is -0.480 e. The third-order valence-electron chi connectivity index (χ3n) is 4.48. The predicted octanol–water partition coefficient (Wildman–Crippen LogP) is 1.07. The van der Waals surface area contributed by atoms with Gasteiger partial charge in [-0.25, -0.2) is 4.79 Å². The van der Waals surface area contributed by atoms with Crippen LogP contribution in [0.4, 0.5) is 0 Å². The molecule has 3 heterocycles. The second kappa shape index (κ2) is 7.10. The van der Waals surface area contributed by atoms with E-state index in [1.165, 1.54) is 11.7 Å². The molecule has 27 heavy (non-hydrogen) atoms. The average molecular weight is 370 g/mol. The number of aromatic nitrogens is 3. The highest BCUT2D eigenvalue weighted by Crippen LogP contribution is 2.18. The summed E-state index contributed by atoms with van der Waals surface area (Å²) in [6, 6.07) is 10.4. The van der Waals surface area contributed by atoms with Gasteiger partial charge in [0, 0.05) is 25.1 Å². The number of para-hydroxylation sites is 2. The fourth-order valence-electron chi connectivity index (χ4n) is 3.10. The Hall–Kier alpha value is -3.36. The number of oxazole rings is 1. The number of rotatable bonds is 5. The number of amides is 1. The zero-order valence-electron chi connectivity index (χ0n) is 14.7. The Morgan fingerprint density at radius 2 is 2.00 bits per heavy atom. The molecule has 9 nitrogen and oxygen atoms in total. The Balaban J connectivity index is 1.40. The minimum atomic E-state index is -0.537. The molecule has 0 N–H and O–H groups in total. The van der Waals surface area contributed by atoms with Gasteiger partial charge in [0.1, 0.15) is 12.6 Å². The molecular formula is C18H18N4O5. The van der Waals surface area contributed by atoms with Gasteiger partial charge in [-0.05, 0) is 12.1 Å². The molecule has 2 aromatic heterocycles. The number of fused-ring (bicyclic) bond motifs is 1. The predicted molar refractivity (Wildman–Crippen MR) is 94.7 cm³/mol. The third-order valence-corrected chi connectivity index (χ3v) is 4.48. The maximum atomic E-state index is 12.6. The van der Waals surface area contributed by atoms with Crippen LogP contribution in [-0.2, 0) is 11.3 Å². The summed E-state index contributed by atoms with van der Waals surface area (Å²) in [5.41, 5.74) is 1.08. The molecule has 0 spiro atoms. The van der Waals surface area contributed by atoms with E-state index in [1.807, 2.05) is 0 Å². The van der Waals surface area contributed by atoms with Crippen molar-refractivity contribution in [1.82, 2.24) is 19.7 Å². The van der Waals surface area contributed by atoms with Gasteiger partial charge in [-0.3, -0.25) is 9.36 Å². The van der Waals surface area contributed by atoms with E-state index in [-0.39, 0.29) is 18.6 Å². The summed E-state index contributed by atoms with van der Waals surface area (Å²) in [5.74, 6) is 0.0936. The number of hydrogen-bond acceptors (Lipinski definition) is 7. The number of hydrogen-bond donors (Lipinski definition) is 0. The number of nitrogens with zero attached hydrogens (tertiary/aromatic N) is 4. The summed E-state index contributed by atoms with van der Waals surface area (Å²) in [5, 5.41) is 7.79. The Morgan fingerprint density at radius 3 is 2.78 bits per heavy atom. The molecule has 0 bridgehead atoms. The van der Waals surface area contributed by atoms with Crippen molar-refractivity contribution in [3.8, 4) is 11.8 Å². The highest BCUT2D eigenvalue weighted by molar-refractivity contribution is 5.79. The van der Waals surface area contributed by atoms with E-state index in [9.17, 15) is 9.59 Å². The monoisotopic (exact) mass is 370 g/mol. The van der Waals surface area contributed by atoms with E-state index in [4.69, 9.17) is 13.9 Å². The Bertz CT molecular complexity index is 1010. The zero-order chi connectivity index (χ0) is 18.8. The number of methoxy groups -OCH3 is 1. The maximum absolute atomic E-state index is 12.6. The van der Waals surface area contributed by atoms with Crippen molar-refractivity contribution in [3.63, 3.8) is 0 Å². The van der Waals surface area contributed by atoms with Gasteiger partial charge < -0.3 is 18.8 Å². The van der Waals surface area contributed by atoms with E-state index in [0.29, 0.717) is 42.4 Å². The fourth-order valence-corrected chi connectivity index (χ4v) is 3.10. The first-order valence-corrected chi connectivity index (χ1v) is 8.54. The first-order chi connectivity index (χ1) is 13.1.